The number of para-hydroxylation sites is 1. The van der Waals surface area contributed by atoms with Crippen molar-refractivity contribution in [2.75, 3.05) is 5.32 Å². The van der Waals surface area contributed by atoms with E-state index in [0.29, 0.717) is 15.6 Å². The summed E-state index contributed by atoms with van der Waals surface area (Å²) in [5.74, 6) is -0.216. The number of rotatable bonds is 3. The number of carbonyl (C=O) groups is 1. The molecule has 7 nitrogen and oxygen atoms in total. The van der Waals surface area contributed by atoms with Crippen LogP contribution in [0.5, 0.6) is 0 Å². The minimum atomic E-state index is -0.216. The van der Waals surface area contributed by atoms with E-state index in [1.54, 1.807) is 40.0 Å². The lowest BCUT2D eigenvalue weighted by Crippen LogP contribution is -2.19. The van der Waals surface area contributed by atoms with Crippen LogP contribution in [0.3, 0.4) is 0 Å². The highest BCUT2D eigenvalue weighted by Crippen LogP contribution is 2.33. The van der Waals surface area contributed by atoms with Gasteiger partial charge in [-0.2, -0.15) is 5.10 Å². The molecule has 1 N–H and O–H groups in total. The zero-order chi connectivity index (χ0) is 21.9. The van der Waals surface area contributed by atoms with E-state index < -0.39 is 0 Å². The lowest BCUT2D eigenvalue weighted by atomic mass is 10.2. The van der Waals surface area contributed by atoms with Gasteiger partial charge in [0.25, 0.3) is 5.91 Å². The minimum Gasteiger partial charge on any atom is -0.321 e. The molecule has 0 bridgehead atoms. The summed E-state index contributed by atoms with van der Waals surface area (Å²) < 4.78 is 4.92. The van der Waals surface area contributed by atoms with Crippen LogP contribution in [-0.4, -0.2) is 24.8 Å². The Kier molecular flexibility index (Phi) is 4.49. The fraction of sp³-hybridized carbons (Fsp3) is 0.136. The molecule has 5 aromatic rings. The molecule has 31 heavy (non-hydrogen) atoms. The van der Waals surface area contributed by atoms with Crippen LogP contribution in [-0.2, 0) is 14.1 Å². The number of halogens is 1. The number of fused-ring (bicyclic) bond motifs is 2. The van der Waals surface area contributed by atoms with Gasteiger partial charge in [0.15, 0.2) is 0 Å². The summed E-state index contributed by atoms with van der Waals surface area (Å²) in [5, 5.41) is 9.04. The van der Waals surface area contributed by atoms with Crippen LogP contribution in [0, 0.1) is 6.92 Å². The van der Waals surface area contributed by atoms with E-state index in [9.17, 15) is 9.59 Å². The van der Waals surface area contributed by atoms with Gasteiger partial charge in [0.2, 0.25) is 0 Å². The van der Waals surface area contributed by atoms with Gasteiger partial charge >= 0.3 is 5.69 Å². The number of nitrogens with zero attached hydrogens (tertiary/aromatic N) is 4. The number of imidazole rings is 1. The first-order valence-corrected chi connectivity index (χ1v) is 10.8. The molecule has 3 aromatic heterocycles. The quantitative estimate of drug-likeness (QED) is 0.439. The minimum absolute atomic E-state index is 0.109. The Morgan fingerprint density at radius 2 is 1.81 bits per heavy atom. The van der Waals surface area contributed by atoms with Gasteiger partial charge in [-0.05, 0) is 43.3 Å². The summed E-state index contributed by atoms with van der Waals surface area (Å²) in [4.78, 5) is 26.5. The van der Waals surface area contributed by atoms with Crippen molar-refractivity contribution in [2.24, 2.45) is 14.1 Å². The van der Waals surface area contributed by atoms with E-state index >= 15 is 0 Å². The summed E-state index contributed by atoms with van der Waals surface area (Å²) in [6, 6.07) is 14.8. The van der Waals surface area contributed by atoms with Crippen LogP contribution < -0.4 is 11.0 Å². The van der Waals surface area contributed by atoms with E-state index in [2.05, 4.69) is 10.4 Å². The number of nitrogens with one attached hydrogen (secondary N) is 1. The Bertz CT molecular complexity index is 1560. The molecule has 0 fully saturated rings. The normalized spacial score (nSPS) is 11.5. The number of aromatic nitrogens is 4. The van der Waals surface area contributed by atoms with Gasteiger partial charge in [-0.1, -0.05) is 23.7 Å². The molecule has 0 unspecified atom stereocenters. The van der Waals surface area contributed by atoms with Crippen LogP contribution in [0.4, 0.5) is 5.69 Å². The monoisotopic (exact) mass is 451 g/mol. The van der Waals surface area contributed by atoms with E-state index in [1.807, 2.05) is 43.3 Å². The Morgan fingerprint density at radius 3 is 2.58 bits per heavy atom. The van der Waals surface area contributed by atoms with Crippen LogP contribution in [0.2, 0.25) is 5.02 Å². The second-order valence-corrected chi connectivity index (χ2v) is 8.77. The highest BCUT2D eigenvalue weighted by Gasteiger charge is 2.19. The van der Waals surface area contributed by atoms with Crippen molar-refractivity contribution in [3.63, 3.8) is 0 Å². The molecule has 2 aromatic carbocycles. The average molecular weight is 452 g/mol. The molecular weight excluding hydrogens is 434 g/mol. The van der Waals surface area contributed by atoms with Gasteiger partial charge in [0.1, 0.15) is 4.83 Å². The van der Waals surface area contributed by atoms with Gasteiger partial charge < -0.3 is 5.32 Å². The Balaban J connectivity index is 1.52. The number of hydrogen-bond donors (Lipinski definition) is 1. The predicted octanol–water partition coefficient (Wildman–Crippen LogP) is 4.49. The smallest absolute Gasteiger partial charge is 0.321 e. The molecule has 1 amide bonds. The highest BCUT2D eigenvalue weighted by atomic mass is 35.5. The van der Waals surface area contributed by atoms with Crippen molar-refractivity contribution in [3.8, 4) is 5.69 Å². The van der Waals surface area contributed by atoms with Crippen molar-refractivity contribution in [1.82, 2.24) is 18.9 Å². The maximum absolute atomic E-state index is 13.0. The van der Waals surface area contributed by atoms with Crippen LogP contribution >= 0.6 is 22.9 Å². The first kappa shape index (κ1) is 19.6. The Hall–Kier alpha value is -3.36. The maximum Gasteiger partial charge on any atom is 0.328 e. The third kappa shape index (κ3) is 3.07. The van der Waals surface area contributed by atoms with E-state index in [0.717, 1.165) is 32.6 Å². The summed E-state index contributed by atoms with van der Waals surface area (Å²) in [6.07, 6.45) is 0. The topological polar surface area (TPSA) is 73.8 Å². The molecule has 156 valence electrons. The highest BCUT2D eigenvalue weighted by molar-refractivity contribution is 7.20. The third-order valence-electron chi connectivity index (χ3n) is 5.38. The number of aryl methyl sites for hydroxylation is 3. The molecule has 0 aliphatic heterocycles. The first-order chi connectivity index (χ1) is 14.8. The van der Waals surface area contributed by atoms with Crippen molar-refractivity contribution in [3.05, 3.63) is 74.6 Å². The molecule has 9 heteroatoms. The number of anilines is 1. The van der Waals surface area contributed by atoms with E-state index in [1.165, 1.54) is 11.3 Å². The fourth-order valence-electron chi connectivity index (χ4n) is 3.72. The van der Waals surface area contributed by atoms with Crippen molar-refractivity contribution < 1.29 is 4.79 Å². The second-order valence-electron chi connectivity index (χ2n) is 7.34. The molecule has 0 atom stereocenters. The van der Waals surface area contributed by atoms with Crippen LogP contribution in [0.15, 0.2) is 53.3 Å². The van der Waals surface area contributed by atoms with Crippen LogP contribution in [0.1, 0.15) is 15.4 Å². The Morgan fingerprint density at radius 1 is 1.06 bits per heavy atom. The molecule has 3 heterocycles. The zero-order valence-electron chi connectivity index (χ0n) is 17.0. The van der Waals surface area contributed by atoms with E-state index in [-0.39, 0.29) is 11.6 Å². The van der Waals surface area contributed by atoms with Gasteiger partial charge in [-0.15, -0.1) is 11.3 Å². The number of thiophene rings is 1. The van der Waals surface area contributed by atoms with Crippen molar-refractivity contribution in [2.45, 2.75) is 6.92 Å². The third-order valence-corrected chi connectivity index (χ3v) is 6.81. The maximum atomic E-state index is 13.0. The summed E-state index contributed by atoms with van der Waals surface area (Å²) in [6.45, 7) is 1.91. The number of benzene rings is 2. The first-order valence-electron chi connectivity index (χ1n) is 9.56. The van der Waals surface area contributed by atoms with Crippen LogP contribution in [0.25, 0.3) is 26.9 Å². The molecular formula is C22H18ClN5O2S. The average Bonchev–Trinajstić information content (AvgIpc) is 3.39. The molecule has 0 radical (unpaired) electrons. The zero-order valence-corrected chi connectivity index (χ0v) is 18.6. The summed E-state index contributed by atoms with van der Waals surface area (Å²) >= 11 is 7.72. The molecule has 0 saturated carbocycles. The molecule has 0 aliphatic rings. The fourth-order valence-corrected chi connectivity index (χ4v) is 5.01. The molecule has 0 saturated heterocycles. The van der Waals surface area contributed by atoms with Gasteiger partial charge in [0.05, 0.1) is 32.3 Å². The largest absolute Gasteiger partial charge is 0.328 e. The number of amides is 1. The van der Waals surface area contributed by atoms with Gasteiger partial charge in [0, 0.05) is 25.2 Å². The number of carbonyl (C=O) groups excluding carboxylic acids is 1. The van der Waals surface area contributed by atoms with Gasteiger partial charge in [-0.25, -0.2) is 9.48 Å². The van der Waals surface area contributed by atoms with Gasteiger partial charge in [-0.3, -0.25) is 13.9 Å². The summed E-state index contributed by atoms with van der Waals surface area (Å²) in [5.41, 5.74) is 3.68. The van der Waals surface area contributed by atoms with Crippen molar-refractivity contribution in [1.29, 1.82) is 0 Å². The lowest BCUT2D eigenvalue weighted by Gasteiger charge is -2.05. The van der Waals surface area contributed by atoms with E-state index in [4.69, 9.17) is 11.6 Å². The second kappa shape index (κ2) is 7.11. The Labute approximate surface area is 186 Å². The van der Waals surface area contributed by atoms with Crippen molar-refractivity contribution >= 4 is 55.8 Å². The number of hydrogen-bond acceptors (Lipinski definition) is 4. The molecule has 0 spiro atoms. The standard InChI is InChI=1S/C22H18ClN5O2S/c1-12-14-11-19(31-21(14)28(25-12)16-7-5-4-6-15(16)23)20(29)24-13-8-9-17-18(10-13)27(3)22(30)26(17)2/h4-11H,1-3H3,(H,24,29). The molecule has 0 aliphatic carbocycles. The predicted molar refractivity (Wildman–Crippen MR) is 125 cm³/mol. The SMILES string of the molecule is Cc1nn(-c2ccccc2Cl)c2sc(C(=O)Nc3ccc4c(c3)n(C)c(=O)n4C)cc12. The lowest BCUT2D eigenvalue weighted by molar-refractivity contribution is 0.103. The summed E-state index contributed by atoms with van der Waals surface area (Å²) in [7, 11) is 3.44. The molecule has 5 rings (SSSR count).